The van der Waals surface area contributed by atoms with E-state index >= 15 is 0 Å². The van der Waals surface area contributed by atoms with Gasteiger partial charge in [0.25, 0.3) is 0 Å². The summed E-state index contributed by atoms with van der Waals surface area (Å²) in [6, 6.07) is 4.53. The molecule has 4 nitrogen and oxygen atoms in total. The second-order valence-electron chi connectivity index (χ2n) is 13.0. The molecule has 0 spiro atoms. The van der Waals surface area contributed by atoms with Gasteiger partial charge in [0.05, 0.1) is 11.7 Å². The molecule has 1 aromatic carbocycles. The summed E-state index contributed by atoms with van der Waals surface area (Å²) in [5.74, 6) is -0.492. The Balaban J connectivity index is 2.30. The summed E-state index contributed by atoms with van der Waals surface area (Å²) in [5.41, 5.74) is 13.5. The minimum Gasteiger partial charge on any atom is -0.402 e. The molecule has 0 aromatic heterocycles. The standard InChI is InChI=1S/C33H52N2O2/c1-13-16-32(9,10)26-15-14-25-19(3)29-28(21(5)27(25)20(26)4)22(6)33(37,17-18(2)23(7)34)30(31(29)36)24(8)35(11)12/h14-15,18-19,24,29-31,36-37H,5,7,13,16-17,34H2,1-4,6,8-12H3/t18?,19-,24?,29+,30+,31-,33+/m0/s1. The molecule has 0 amide bonds. The Morgan fingerprint density at radius 1 is 1.22 bits per heavy atom. The number of fused-ring (bicyclic) bond motifs is 2. The Morgan fingerprint density at radius 2 is 1.81 bits per heavy atom. The molecule has 2 aliphatic carbocycles. The molecule has 0 saturated carbocycles. The maximum atomic E-state index is 12.5. The van der Waals surface area contributed by atoms with Gasteiger partial charge in [0.1, 0.15) is 0 Å². The minimum atomic E-state index is -1.23. The number of nitrogens with zero attached hydrogens (tertiary/aromatic N) is 1. The largest absolute Gasteiger partial charge is 0.402 e. The van der Waals surface area contributed by atoms with Crippen molar-refractivity contribution in [1.29, 1.82) is 0 Å². The number of allylic oxidation sites excluding steroid dienone is 2. The zero-order valence-electron chi connectivity index (χ0n) is 25.1. The van der Waals surface area contributed by atoms with Crippen LogP contribution in [0.15, 0.2) is 42.1 Å². The highest BCUT2D eigenvalue weighted by molar-refractivity contribution is 5.86. The number of aliphatic hydroxyl groups is 2. The SMILES string of the molecule is C=C1C2=C(C)[C@](O)(CC(C)C(=C)N)[C@H](C(C)N(C)C)[C@@H](O)[C@@H]2[C@@H](C)c2ccc(C(C)(C)CCC)c(C)c21. The lowest BCUT2D eigenvalue weighted by Crippen LogP contribution is -2.60. The number of hydrogen-bond acceptors (Lipinski definition) is 4. The number of benzene rings is 1. The van der Waals surface area contributed by atoms with Crippen molar-refractivity contribution < 1.29 is 10.2 Å². The van der Waals surface area contributed by atoms with Crippen molar-refractivity contribution in [2.24, 2.45) is 23.5 Å². The highest BCUT2D eigenvalue weighted by atomic mass is 16.3. The number of hydrogen-bond donors (Lipinski definition) is 3. The van der Waals surface area contributed by atoms with Crippen LogP contribution in [0, 0.1) is 24.7 Å². The third-order valence-electron chi connectivity index (χ3n) is 10.0. The average molecular weight is 509 g/mol. The summed E-state index contributed by atoms with van der Waals surface area (Å²) in [6.45, 7) is 26.1. The Labute approximate surface area is 226 Å². The van der Waals surface area contributed by atoms with Gasteiger partial charge >= 0.3 is 0 Å². The molecule has 2 aliphatic rings. The molecular weight excluding hydrogens is 456 g/mol. The quantitative estimate of drug-likeness (QED) is 0.385. The Morgan fingerprint density at radius 3 is 2.32 bits per heavy atom. The molecule has 3 rings (SSSR count). The molecule has 4 N–H and O–H groups in total. The lowest BCUT2D eigenvalue weighted by molar-refractivity contribution is -0.110. The van der Waals surface area contributed by atoms with Gasteiger partial charge in [0.2, 0.25) is 0 Å². The smallest absolute Gasteiger partial charge is 0.0934 e. The number of rotatable bonds is 8. The van der Waals surface area contributed by atoms with E-state index in [2.05, 4.69) is 78.7 Å². The zero-order valence-corrected chi connectivity index (χ0v) is 25.1. The van der Waals surface area contributed by atoms with E-state index in [9.17, 15) is 10.2 Å². The van der Waals surface area contributed by atoms with Crippen LogP contribution in [0.2, 0.25) is 0 Å². The van der Waals surface area contributed by atoms with E-state index in [0.29, 0.717) is 12.1 Å². The first kappa shape index (κ1) is 29.7. The van der Waals surface area contributed by atoms with Crippen LogP contribution in [-0.4, -0.2) is 47.0 Å². The van der Waals surface area contributed by atoms with Crippen LogP contribution in [-0.2, 0) is 5.41 Å². The zero-order chi connectivity index (χ0) is 28.2. The Hall–Kier alpha value is -1.88. The van der Waals surface area contributed by atoms with Gasteiger partial charge in [0, 0.05) is 23.6 Å². The van der Waals surface area contributed by atoms with Crippen LogP contribution in [0.25, 0.3) is 5.57 Å². The van der Waals surface area contributed by atoms with E-state index in [1.54, 1.807) is 0 Å². The molecule has 0 aliphatic heterocycles. The average Bonchev–Trinajstić information content (AvgIpc) is 2.79. The monoisotopic (exact) mass is 508 g/mol. The summed E-state index contributed by atoms with van der Waals surface area (Å²) < 4.78 is 0. The molecule has 0 fully saturated rings. The van der Waals surface area contributed by atoms with Gasteiger partial charge in [-0.3, -0.25) is 0 Å². The molecule has 2 unspecified atom stereocenters. The molecular formula is C33H52N2O2. The molecule has 0 heterocycles. The van der Waals surface area contributed by atoms with Crippen molar-refractivity contribution in [2.45, 2.75) is 104 Å². The molecule has 37 heavy (non-hydrogen) atoms. The van der Waals surface area contributed by atoms with E-state index in [4.69, 9.17) is 5.73 Å². The van der Waals surface area contributed by atoms with Crippen LogP contribution in [0.4, 0.5) is 0 Å². The van der Waals surface area contributed by atoms with Crippen LogP contribution in [0.1, 0.15) is 95.9 Å². The van der Waals surface area contributed by atoms with Crippen molar-refractivity contribution in [1.82, 2.24) is 4.90 Å². The lowest BCUT2D eigenvalue weighted by Gasteiger charge is -2.55. The van der Waals surface area contributed by atoms with Gasteiger partial charge in [-0.05, 0) is 104 Å². The first-order valence-electron chi connectivity index (χ1n) is 14.1. The van der Waals surface area contributed by atoms with Gasteiger partial charge in [-0.25, -0.2) is 0 Å². The Bertz CT molecular complexity index is 1100. The second kappa shape index (κ2) is 10.4. The summed E-state index contributed by atoms with van der Waals surface area (Å²) >= 11 is 0. The summed E-state index contributed by atoms with van der Waals surface area (Å²) in [5, 5.41) is 24.6. The second-order valence-corrected chi connectivity index (χ2v) is 13.0. The third-order valence-corrected chi connectivity index (χ3v) is 10.0. The van der Waals surface area contributed by atoms with Crippen LogP contribution < -0.4 is 5.73 Å². The third kappa shape index (κ3) is 4.75. The van der Waals surface area contributed by atoms with Crippen molar-refractivity contribution in [2.75, 3.05) is 14.1 Å². The first-order chi connectivity index (χ1) is 17.0. The molecule has 4 heteroatoms. The van der Waals surface area contributed by atoms with Gasteiger partial charge in [-0.1, -0.05) is 66.3 Å². The molecule has 206 valence electrons. The molecule has 7 atom stereocenters. The molecule has 0 saturated heterocycles. The summed E-state index contributed by atoms with van der Waals surface area (Å²) in [4.78, 5) is 2.10. The lowest BCUT2D eigenvalue weighted by atomic mass is 9.54. The summed E-state index contributed by atoms with van der Waals surface area (Å²) in [7, 11) is 4.03. The molecule has 0 radical (unpaired) electrons. The normalized spacial score (nSPS) is 29.7. The van der Waals surface area contributed by atoms with E-state index < -0.39 is 11.7 Å². The number of nitrogens with two attached hydrogens (primary N) is 1. The van der Waals surface area contributed by atoms with E-state index in [1.165, 1.54) is 22.3 Å². The van der Waals surface area contributed by atoms with Gasteiger partial charge in [-0.2, -0.15) is 0 Å². The predicted molar refractivity (Wildman–Crippen MR) is 157 cm³/mol. The molecule has 0 bridgehead atoms. The fourth-order valence-corrected chi connectivity index (χ4v) is 7.61. The van der Waals surface area contributed by atoms with Crippen molar-refractivity contribution in [3.8, 4) is 0 Å². The number of aliphatic hydroxyl groups excluding tert-OH is 1. The maximum absolute atomic E-state index is 12.5. The first-order valence-corrected chi connectivity index (χ1v) is 14.1. The fourth-order valence-electron chi connectivity index (χ4n) is 7.61. The van der Waals surface area contributed by atoms with Crippen LogP contribution in [0.3, 0.4) is 0 Å². The fraction of sp³-hybridized carbons (Fsp3) is 0.636. The minimum absolute atomic E-state index is 0.0458. The molecule has 1 aromatic rings. The van der Waals surface area contributed by atoms with Crippen molar-refractivity contribution >= 4 is 5.57 Å². The van der Waals surface area contributed by atoms with E-state index in [0.717, 1.165) is 29.6 Å². The van der Waals surface area contributed by atoms with Crippen molar-refractivity contribution in [3.63, 3.8) is 0 Å². The summed E-state index contributed by atoms with van der Waals surface area (Å²) in [6.07, 6.45) is 1.93. The topological polar surface area (TPSA) is 69.7 Å². The van der Waals surface area contributed by atoms with Crippen LogP contribution in [0.5, 0.6) is 0 Å². The van der Waals surface area contributed by atoms with E-state index in [-0.39, 0.29) is 35.1 Å². The van der Waals surface area contributed by atoms with Crippen molar-refractivity contribution in [3.05, 3.63) is 64.4 Å². The van der Waals surface area contributed by atoms with Gasteiger partial charge < -0.3 is 20.8 Å². The predicted octanol–water partition coefficient (Wildman–Crippen LogP) is 6.31. The highest BCUT2D eigenvalue weighted by Gasteiger charge is 2.56. The maximum Gasteiger partial charge on any atom is 0.0934 e. The van der Waals surface area contributed by atoms with Gasteiger partial charge in [0.15, 0.2) is 0 Å². The Kier molecular flexibility index (Phi) is 8.30. The highest BCUT2D eigenvalue weighted by Crippen LogP contribution is 2.57. The van der Waals surface area contributed by atoms with E-state index in [1.807, 2.05) is 21.0 Å². The van der Waals surface area contributed by atoms with Gasteiger partial charge in [-0.15, -0.1) is 0 Å². The van der Waals surface area contributed by atoms with Crippen LogP contribution >= 0.6 is 0 Å².